The normalized spacial score (nSPS) is 18.0. The van der Waals surface area contributed by atoms with Crippen LogP contribution in [0.25, 0.3) is 0 Å². The average Bonchev–Trinajstić information content (AvgIpc) is 2.67. The fraction of sp³-hybridized carbons (Fsp3) is 0.350. The van der Waals surface area contributed by atoms with Crippen molar-refractivity contribution in [2.24, 2.45) is 0 Å². The van der Waals surface area contributed by atoms with Gasteiger partial charge in [0.05, 0.1) is 13.2 Å². The highest BCUT2D eigenvalue weighted by molar-refractivity contribution is 5.96. The number of hydrogen-bond acceptors (Lipinski definition) is 5. The Labute approximate surface area is 151 Å². The molecular formula is C20H21NO5. The molecule has 0 saturated heterocycles. The van der Waals surface area contributed by atoms with Crippen molar-refractivity contribution in [3.63, 3.8) is 0 Å². The van der Waals surface area contributed by atoms with Crippen LogP contribution in [0.5, 0.6) is 23.0 Å². The minimum atomic E-state index is -0.189. The minimum absolute atomic E-state index is 0.0777. The van der Waals surface area contributed by atoms with Gasteiger partial charge < -0.3 is 24.6 Å². The van der Waals surface area contributed by atoms with Crippen molar-refractivity contribution in [3.8, 4) is 23.0 Å². The first-order valence-electron chi connectivity index (χ1n) is 8.76. The number of phenols is 1. The second-order valence-electron chi connectivity index (χ2n) is 6.50. The largest absolute Gasteiger partial charge is 0.508 e. The van der Waals surface area contributed by atoms with Crippen LogP contribution in [0.1, 0.15) is 40.4 Å². The van der Waals surface area contributed by atoms with Gasteiger partial charge in [0.2, 0.25) is 5.75 Å². The molecule has 1 heterocycles. The minimum Gasteiger partial charge on any atom is -0.508 e. The van der Waals surface area contributed by atoms with E-state index in [9.17, 15) is 9.90 Å². The molecule has 1 atom stereocenters. The fourth-order valence-corrected chi connectivity index (χ4v) is 3.60. The van der Waals surface area contributed by atoms with Crippen LogP contribution < -0.4 is 19.5 Å². The van der Waals surface area contributed by atoms with Crippen molar-refractivity contribution in [1.29, 1.82) is 0 Å². The monoisotopic (exact) mass is 355 g/mol. The molecule has 26 heavy (non-hydrogen) atoms. The lowest BCUT2D eigenvalue weighted by Crippen LogP contribution is -2.31. The summed E-state index contributed by atoms with van der Waals surface area (Å²) in [6, 6.07) is 8.61. The van der Waals surface area contributed by atoms with Crippen LogP contribution in [0.15, 0.2) is 30.3 Å². The number of aromatic hydroxyl groups is 1. The maximum atomic E-state index is 12.8. The third-order valence-electron chi connectivity index (χ3n) is 4.84. The standard InChI is InChI=1S/C20H21NO5/c1-24-17-10-13(11-18-19(17)26-8-7-25-18)20(23)21-16-4-2-3-12-9-14(22)5-6-15(12)16/h5-6,9-11,16,22H,2-4,7-8H2,1H3,(H,21,23). The van der Waals surface area contributed by atoms with Crippen molar-refractivity contribution in [2.45, 2.75) is 25.3 Å². The number of phenolic OH excluding ortho intramolecular Hbond substituents is 1. The summed E-state index contributed by atoms with van der Waals surface area (Å²) in [7, 11) is 1.54. The number of benzene rings is 2. The van der Waals surface area contributed by atoms with Crippen LogP contribution in [-0.2, 0) is 6.42 Å². The predicted molar refractivity (Wildman–Crippen MR) is 95.2 cm³/mol. The van der Waals surface area contributed by atoms with E-state index in [1.165, 1.54) is 0 Å². The van der Waals surface area contributed by atoms with E-state index in [0.29, 0.717) is 36.0 Å². The van der Waals surface area contributed by atoms with E-state index >= 15 is 0 Å². The van der Waals surface area contributed by atoms with Gasteiger partial charge in [0.25, 0.3) is 5.91 Å². The van der Waals surface area contributed by atoms with Gasteiger partial charge in [0.15, 0.2) is 11.5 Å². The van der Waals surface area contributed by atoms with Crippen molar-refractivity contribution >= 4 is 5.91 Å². The zero-order valence-electron chi connectivity index (χ0n) is 14.6. The molecule has 0 saturated carbocycles. The van der Waals surface area contributed by atoms with Gasteiger partial charge in [0.1, 0.15) is 19.0 Å². The molecule has 1 amide bonds. The molecule has 0 fully saturated rings. The lowest BCUT2D eigenvalue weighted by atomic mass is 9.87. The highest BCUT2D eigenvalue weighted by Crippen LogP contribution is 2.40. The highest BCUT2D eigenvalue weighted by Gasteiger charge is 2.25. The third-order valence-corrected chi connectivity index (χ3v) is 4.84. The van der Waals surface area contributed by atoms with Crippen molar-refractivity contribution in [2.75, 3.05) is 20.3 Å². The average molecular weight is 355 g/mol. The Morgan fingerprint density at radius 1 is 1.23 bits per heavy atom. The number of fused-ring (bicyclic) bond motifs is 2. The first-order valence-corrected chi connectivity index (χ1v) is 8.76. The molecule has 0 bridgehead atoms. The van der Waals surface area contributed by atoms with Crippen LogP contribution in [0.4, 0.5) is 0 Å². The predicted octanol–water partition coefficient (Wildman–Crippen LogP) is 2.98. The first-order chi connectivity index (χ1) is 12.7. The SMILES string of the molecule is COc1cc(C(=O)NC2CCCc3cc(O)ccc32)cc2c1OCCO2. The van der Waals surface area contributed by atoms with Crippen LogP contribution >= 0.6 is 0 Å². The summed E-state index contributed by atoms with van der Waals surface area (Å²) < 4.78 is 16.5. The molecule has 136 valence electrons. The number of rotatable bonds is 3. The topological polar surface area (TPSA) is 77.0 Å². The second-order valence-corrected chi connectivity index (χ2v) is 6.50. The molecule has 0 spiro atoms. The highest BCUT2D eigenvalue weighted by atomic mass is 16.6. The number of amides is 1. The third kappa shape index (κ3) is 3.03. The van der Waals surface area contributed by atoms with Gasteiger partial charge in [-0.1, -0.05) is 6.07 Å². The molecule has 1 aliphatic heterocycles. The molecule has 2 aromatic rings. The molecule has 1 unspecified atom stereocenters. The molecule has 6 nitrogen and oxygen atoms in total. The van der Waals surface area contributed by atoms with Gasteiger partial charge in [-0.25, -0.2) is 0 Å². The summed E-state index contributed by atoms with van der Waals surface area (Å²) in [4.78, 5) is 12.8. The van der Waals surface area contributed by atoms with Crippen molar-refractivity contribution in [3.05, 3.63) is 47.0 Å². The van der Waals surface area contributed by atoms with E-state index in [1.807, 2.05) is 6.07 Å². The molecule has 2 aliphatic rings. The zero-order chi connectivity index (χ0) is 18.1. The van der Waals surface area contributed by atoms with E-state index in [1.54, 1.807) is 31.4 Å². The summed E-state index contributed by atoms with van der Waals surface area (Å²) >= 11 is 0. The lowest BCUT2D eigenvalue weighted by molar-refractivity contribution is 0.0930. The van der Waals surface area contributed by atoms with Crippen LogP contribution in [0.2, 0.25) is 0 Å². The maximum Gasteiger partial charge on any atom is 0.252 e. The molecule has 2 N–H and O–H groups in total. The molecule has 6 heteroatoms. The van der Waals surface area contributed by atoms with Gasteiger partial charge in [-0.15, -0.1) is 0 Å². The summed E-state index contributed by atoms with van der Waals surface area (Å²) in [5.41, 5.74) is 2.62. The number of aryl methyl sites for hydroxylation is 1. The Bertz CT molecular complexity index is 831. The molecule has 2 aromatic carbocycles. The Balaban J connectivity index is 1.60. The first kappa shape index (κ1) is 16.6. The molecule has 0 aromatic heterocycles. The van der Waals surface area contributed by atoms with Crippen LogP contribution in [0, 0.1) is 0 Å². The summed E-state index contributed by atoms with van der Waals surface area (Å²) in [6.45, 7) is 0.904. The van der Waals surface area contributed by atoms with Gasteiger partial charge in [0, 0.05) is 5.56 Å². The second kappa shape index (κ2) is 6.78. The summed E-state index contributed by atoms with van der Waals surface area (Å²) in [5.74, 6) is 1.61. The van der Waals surface area contributed by atoms with E-state index in [0.717, 1.165) is 30.4 Å². The number of ether oxygens (including phenoxy) is 3. The van der Waals surface area contributed by atoms with Crippen LogP contribution in [0.3, 0.4) is 0 Å². The van der Waals surface area contributed by atoms with E-state index < -0.39 is 0 Å². The fourth-order valence-electron chi connectivity index (χ4n) is 3.60. The molecular weight excluding hydrogens is 334 g/mol. The Morgan fingerprint density at radius 3 is 2.92 bits per heavy atom. The van der Waals surface area contributed by atoms with E-state index in [2.05, 4.69) is 5.32 Å². The quantitative estimate of drug-likeness (QED) is 0.885. The Morgan fingerprint density at radius 2 is 2.08 bits per heavy atom. The van der Waals surface area contributed by atoms with E-state index in [4.69, 9.17) is 14.2 Å². The number of carbonyl (C=O) groups is 1. The molecule has 0 radical (unpaired) electrons. The lowest BCUT2D eigenvalue weighted by Gasteiger charge is -2.27. The zero-order valence-corrected chi connectivity index (χ0v) is 14.6. The smallest absolute Gasteiger partial charge is 0.252 e. The van der Waals surface area contributed by atoms with Crippen molar-refractivity contribution in [1.82, 2.24) is 5.32 Å². The van der Waals surface area contributed by atoms with E-state index in [-0.39, 0.29) is 17.7 Å². The summed E-state index contributed by atoms with van der Waals surface area (Å²) in [6.07, 6.45) is 2.74. The number of nitrogens with one attached hydrogen (secondary N) is 1. The summed E-state index contributed by atoms with van der Waals surface area (Å²) in [5, 5.41) is 12.8. The molecule has 1 aliphatic carbocycles. The Kier molecular flexibility index (Phi) is 4.32. The molecule has 4 rings (SSSR count). The van der Waals surface area contributed by atoms with Crippen LogP contribution in [-0.4, -0.2) is 31.3 Å². The van der Waals surface area contributed by atoms with Gasteiger partial charge in [-0.05, 0) is 54.7 Å². The van der Waals surface area contributed by atoms with Gasteiger partial charge in [-0.3, -0.25) is 4.79 Å². The van der Waals surface area contributed by atoms with Gasteiger partial charge >= 0.3 is 0 Å². The Hall–Kier alpha value is -2.89. The van der Waals surface area contributed by atoms with Crippen molar-refractivity contribution < 1.29 is 24.1 Å². The van der Waals surface area contributed by atoms with Gasteiger partial charge in [-0.2, -0.15) is 0 Å². The maximum absolute atomic E-state index is 12.8. The number of carbonyl (C=O) groups excluding carboxylic acids is 1. The number of hydrogen-bond donors (Lipinski definition) is 2. The number of methoxy groups -OCH3 is 1.